The van der Waals surface area contributed by atoms with Crippen molar-refractivity contribution >= 4 is 23.7 Å². The number of hydrogen-bond acceptors (Lipinski definition) is 2. The third kappa shape index (κ3) is 8.68. The van der Waals surface area contributed by atoms with Crippen molar-refractivity contribution in [1.82, 2.24) is 4.98 Å². The Labute approximate surface area is 278 Å². The maximum absolute atomic E-state index is 8.77. The van der Waals surface area contributed by atoms with Gasteiger partial charge in [0.1, 0.15) is 0 Å². The summed E-state index contributed by atoms with van der Waals surface area (Å²) in [4.78, 5) is 8.83. The Kier molecular flexibility index (Phi) is 8.49. The van der Waals surface area contributed by atoms with Gasteiger partial charge in [-0.25, -0.2) is 4.99 Å². The number of hydrogen-bond donors (Lipinski definition) is 1. The molecule has 222 valence electrons. The molecule has 1 aromatic heterocycles. The van der Waals surface area contributed by atoms with Gasteiger partial charge in [-0.3, -0.25) is 10.4 Å². The van der Waals surface area contributed by atoms with Crippen LogP contribution in [-0.2, 0) is 0 Å². The molecule has 3 heteroatoms. The zero-order valence-corrected chi connectivity index (χ0v) is 25.3. The number of allylic oxidation sites excluding steroid dienone is 5. The van der Waals surface area contributed by atoms with E-state index in [4.69, 9.17) is 12.3 Å². The molecular formula is C43H35N3. The number of benzene rings is 4. The molecule has 1 heterocycles. The van der Waals surface area contributed by atoms with E-state index in [9.17, 15) is 0 Å². The van der Waals surface area contributed by atoms with Crippen molar-refractivity contribution in [2.45, 2.75) is 0 Å². The first-order valence-electron chi connectivity index (χ1n) is 17.1. The summed E-state index contributed by atoms with van der Waals surface area (Å²) in [5.74, 6) is -0.0641. The Hall–Kier alpha value is -6.19. The van der Waals surface area contributed by atoms with Crippen LogP contribution in [0.5, 0.6) is 0 Å². The maximum atomic E-state index is 8.77. The van der Waals surface area contributed by atoms with E-state index in [2.05, 4.69) is 29.7 Å². The van der Waals surface area contributed by atoms with Gasteiger partial charge < -0.3 is 0 Å². The monoisotopic (exact) mass is 598 g/mol. The normalized spacial score (nSPS) is 13.2. The highest BCUT2D eigenvalue weighted by Gasteiger charge is 2.06. The van der Waals surface area contributed by atoms with Crippen LogP contribution in [0.1, 0.15) is 23.5 Å². The fourth-order valence-electron chi connectivity index (χ4n) is 4.34. The van der Waals surface area contributed by atoms with Crippen LogP contribution >= 0.6 is 0 Å². The van der Waals surface area contributed by atoms with Crippen molar-refractivity contribution in [2.24, 2.45) is 4.99 Å². The number of nitrogens with one attached hydrogen (secondary N) is 1. The Morgan fingerprint density at radius 1 is 0.609 bits per heavy atom. The molecule has 0 unspecified atom stereocenters. The van der Waals surface area contributed by atoms with Gasteiger partial charge in [0.25, 0.3) is 0 Å². The van der Waals surface area contributed by atoms with Gasteiger partial charge in [-0.1, -0.05) is 165 Å². The van der Waals surface area contributed by atoms with Crippen LogP contribution in [0.25, 0.3) is 34.4 Å². The summed E-state index contributed by atoms with van der Waals surface area (Å²) < 4.78 is 40.8. The zero-order chi connectivity index (χ0) is 36.5. The second kappa shape index (κ2) is 15.5. The quantitative estimate of drug-likeness (QED) is 0.0918. The lowest BCUT2D eigenvalue weighted by atomic mass is 10.0. The lowest BCUT2D eigenvalue weighted by Crippen LogP contribution is -2.03. The first-order chi connectivity index (χ1) is 24.5. The minimum atomic E-state index is -0.442. The minimum Gasteiger partial charge on any atom is -0.282 e. The van der Waals surface area contributed by atoms with Crippen LogP contribution in [0.15, 0.2) is 199 Å². The lowest BCUT2D eigenvalue weighted by Gasteiger charge is -2.07. The van der Waals surface area contributed by atoms with Gasteiger partial charge in [0.15, 0.2) is 5.84 Å². The molecule has 3 nitrogen and oxygen atoms in total. The highest BCUT2D eigenvalue weighted by molar-refractivity contribution is 6.18. The van der Waals surface area contributed by atoms with Crippen molar-refractivity contribution < 1.29 is 6.85 Å². The smallest absolute Gasteiger partial charge is 0.151 e. The summed E-state index contributed by atoms with van der Waals surface area (Å²) in [5.41, 5.74) is 7.43. The molecule has 5 aromatic rings. The predicted molar refractivity (Wildman–Crippen MR) is 197 cm³/mol. The van der Waals surface area contributed by atoms with E-state index in [1.165, 1.54) is 0 Å². The number of nitrogens with zero attached hydrogens (tertiary/aromatic N) is 2. The maximum Gasteiger partial charge on any atom is 0.151 e. The predicted octanol–water partition coefficient (Wildman–Crippen LogP) is 10.8. The fraction of sp³-hybridized carbons (Fsp3) is 0. The number of rotatable bonds is 11. The lowest BCUT2D eigenvalue weighted by molar-refractivity contribution is 1.33. The highest BCUT2D eigenvalue weighted by Crippen LogP contribution is 2.22. The van der Waals surface area contributed by atoms with Crippen LogP contribution in [0.4, 0.5) is 0 Å². The molecular weight excluding hydrogens is 558 g/mol. The Bertz CT molecular complexity index is 2200. The van der Waals surface area contributed by atoms with Crippen LogP contribution < -0.4 is 0 Å². The second-order valence-electron chi connectivity index (χ2n) is 10.3. The van der Waals surface area contributed by atoms with E-state index >= 15 is 0 Å². The number of pyridine rings is 1. The van der Waals surface area contributed by atoms with E-state index in [0.29, 0.717) is 28.0 Å². The van der Waals surface area contributed by atoms with Gasteiger partial charge in [0, 0.05) is 23.5 Å². The van der Waals surface area contributed by atoms with Gasteiger partial charge in [-0.2, -0.15) is 0 Å². The van der Waals surface area contributed by atoms with Crippen LogP contribution in [0, 0.1) is 5.41 Å². The van der Waals surface area contributed by atoms with E-state index in [-0.39, 0.29) is 23.5 Å². The summed E-state index contributed by atoms with van der Waals surface area (Å²) in [5, 5.41) is 8.77. The van der Waals surface area contributed by atoms with Crippen molar-refractivity contribution in [3.63, 3.8) is 0 Å². The standard InChI is InChI=1S/C43H35N3/c1-32(33(2)18-19-35-11-6-4-7-12-35)16-17-34(3)43(44)46-42(40-27-25-38(26-28-40)37-13-8-5-9-14-37)29-22-36-20-23-39(24-21-36)41-15-10-30-45-31-41/h4-31,44H,1-3H2/b17-16-,19-18-,29-22+,44-43?,46-42?/i5D,8D,9D,13D,14D. The number of aromatic nitrogens is 1. The van der Waals surface area contributed by atoms with Crippen molar-refractivity contribution in [3.8, 4) is 22.3 Å². The van der Waals surface area contributed by atoms with Gasteiger partial charge >= 0.3 is 0 Å². The van der Waals surface area contributed by atoms with Crippen LogP contribution in [0.2, 0.25) is 0 Å². The summed E-state index contributed by atoms with van der Waals surface area (Å²) in [7, 11) is 0. The van der Waals surface area contributed by atoms with Crippen molar-refractivity contribution in [3.05, 3.63) is 211 Å². The third-order valence-corrected chi connectivity index (χ3v) is 7.02. The first-order valence-corrected chi connectivity index (χ1v) is 14.6. The highest BCUT2D eigenvalue weighted by atomic mass is 14.8. The summed E-state index contributed by atoms with van der Waals surface area (Å²) in [6.07, 6.45) is 14.5. The number of aliphatic imine (C=N–C) groups is 1. The molecule has 0 radical (unpaired) electrons. The van der Waals surface area contributed by atoms with E-state index < -0.39 is 18.1 Å². The molecule has 0 saturated heterocycles. The molecule has 0 fully saturated rings. The average molecular weight is 599 g/mol. The SMILES string of the molecule is [2H]c1c([2H])c([2H])c(-c2ccc(C(/C=C/c3ccc(-c4cccnc4)cc3)=NC(=N)C(=C)/C=C\C(=C)C(=C)/C=C\c3ccccc3)cc2)c([2H])c1[2H]. The summed E-state index contributed by atoms with van der Waals surface area (Å²) in [6.45, 7) is 12.2. The van der Waals surface area contributed by atoms with Crippen molar-refractivity contribution in [1.29, 1.82) is 5.41 Å². The van der Waals surface area contributed by atoms with E-state index in [1.807, 2.05) is 91.2 Å². The van der Waals surface area contributed by atoms with Gasteiger partial charge in [0.2, 0.25) is 0 Å². The van der Waals surface area contributed by atoms with Gasteiger partial charge in [0.05, 0.1) is 12.6 Å². The molecule has 0 aliphatic carbocycles. The molecule has 0 bridgehead atoms. The second-order valence-corrected chi connectivity index (χ2v) is 10.3. The van der Waals surface area contributed by atoms with Gasteiger partial charge in [-0.05, 0) is 56.7 Å². The van der Waals surface area contributed by atoms with E-state index in [1.54, 1.807) is 48.7 Å². The fourth-order valence-corrected chi connectivity index (χ4v) is 4.34. The zero-order valence-electron chi connectivity index (χ0n) is 30.3. The molecule has 0 atom stereocenters. The van der Waals surface area contributed by atoms with Crippen LogP contribution in [0.3, 0.4) is 0 Å². The number of amidine groups is 1. The molecule has 0 amide bonds. The van der Waals surface area contributed by atoms with Gasteiger partial charge in [-0.15, -0.1) is 0 Å². The molecule has 5 rings (SSSR count). The summed E-state index contributed by atoms with van der Waals surface area (Å²) >= 11 is 0. The molecule has 46 heavy (non-hydrogen) atoms. The molecule has 4 aromatic carbocycles. The largest absolute Gasteiger partial charge is 0.282 e. The Balaban J connectivity index is 1.42. The molecule has 0 saturated carbocycles. The Morgan fingerprint density at radius 3 is 1.91 bits per heavy atom. The minimum absolute atomic E-state index is 0.0641. The molecule has 0 aliphatic heterocycles. The third-order valence-electron chi connectivity index (χ3n) is 7.02. The first kappa shape index (κ1) is 25.2. The van der Waals surface area contributed by atoms with Crippen LogP contribution in [-0.4, -0.2) is 16.5 Å². The molecule has 1 N–H and O–H groups in total. The molecule has 0 aliphatic rings. The van der Waals surface area contributed by atoms with Crippen molar-refractivity contribution in [2.75, 3.05) is 0 Å². The topological polar surface area (TPSA) is 49.1 Å². The Morgan fingerprint density at radius 2 is 1.22 bits per heavy atom. The average Bonchev–Trinajstić information content (AvgIpc) is 3.17. The summed E-state index contributed by atoms with van der Waals surface area (Å²) in [6, 6.07) is 26.8. The van der Waals surface area contributed by atoms with E-state index in [0.717, 1.165) is 27.8 Å². The molecule has 0 spiro atoms.